The van der Waals surface area contributed by atoms with Crippen molar-refractivity contribution >= 4 is 28.6 Å². The van der Waals surface area contributed by atoms with E-state index in [4.69, 9.17) is 16.7 Å². The number of benzene rings is 1. The molecule has 5 heteroatoms. The lowest BCUT2D eigenvalue weighted by Crippen LogP contribution is -1.97. The number of nitrogens with zero attached hydrogens (tertiary/aromatic N) is 2. The normalized spacial score (nSPS) is 15.6. The highest BCUT2D eigenvalue weighted by molar-refractivity contribution is 6.35. The average molecular weight is 237 g/mol. The maximum atomic E-state index is 10.9. The molecule has 1 N–H and O–H groups in total. The molecule has 0 radical (unpaired) electrons. The molecule has 2 aromatic rings. The fourth-order valence-electron chi connectivity index (χ4n) is 1.87. The lowest BCUT2D eigenvalue weighted by molar-refractivity contribution is 0.0697. The van der Waals surface area contributed by atoms with Crippen molar-refractivity contribution in [3.63, 3.8) is 0 Å². The van der Waals surface area contributed by atoms with Gasteiger partial charge in [-0.2, -0.15) is 0 Å². The van der Waals surface area contributed by atoms with E-state index < -0.39 is 5.97 Å². The van der Waals surface area contributed by atoms with Crippen LogP contribution in [0.5, 0.6) is 0 Å². The maximum absolute atomic E-state index is 10.9. The van der Waals surface area contributed by atoms with Crippen LogP contribution in [0.3, 0.4) is 0 Å². The number of fused-ring (bicyclic) bond motifs is 1. The Morgan fingerprint density at radius 3 is 2.88 bits per heavy atom. The van der Waals surface area contributed by atoms with E-state index in [1.54, 1.807) is 12.4 Å². The van der Waals surface area contributed by atoms with E-state index in [0.29, 0.717) is 16.6 Å². The van der Waals surface area contributed by atoms with Gasteiger partial charge in [0, 0.05) is 6.04 Å². The van der Waals surface area contributed by atoms with Crippen LogP contribution in [0, 0.1) is 0 Å². The summed E-state index contributed by atoms with van der Waals surface area (Å²) in [4.78, 5) is 15.1. The van der Waals surface area contributed by atoms with Crippen LogP contribution in [-0.2, 0) is 0 Å². The zero-order valence-electron chi connectivity index (χ0n) is 8.35. The third-order valence-electron chi connectivity index (χ3n) is 2.81. The fraction of sp³-hybridized carbons (Fsp3) is 0.273. The van der Waals surface area contributed by atoms with Gasteiger partial charge in [0.15, 0.2) is 0 Å². The summed E-state index contributed by atoms with van der Waals surface area (Å²) in [5.41, 5.74) is 1.67. The van der Waals surface area contributed by atoms with E-state index in [-0.39, 0.29) is 5.56 Å². The van der Waals surface area contributed by atoms with Crippen LogP contribution >= 0.6 is 11.6 Å². The molecule has 1 fully saturated rings. The highest BCUT2D eigenvalue weighted by atomic mass is 35.5. The van der Waals surface area contributed by atoms with Crippen molar-refractivity contribution in [2.45, 2.75) is 18.9 Å². The van der Waals surface area contributed by atoms with Crippen molar-refractivity contribution in [1.82, 2.24) is 9.55 Å². The Bertz CT molecular complexity index is 587. The molecule has 0 amide bonds. The molecule has 1 aliphatic rings. The number of carboxylic acids is 1. The van der Waals surface area contributed by atoms with Gasteiger partial charge in [-0.25, -0.2) is 9.78 Å². The monoisotopic (exact) mass is 236 g/mol. The highest BCUT2D eigenvalue weighted by Gasteiger charge is 2.26. The number of carboxylic acid groups (broad SMARTS) is 1. The molecule has 0 atom stereocenters. The summed E-state index contributed by atoms with van der Waals surface area (Å²) in [6, 6.07) is 3.52. The number of carbonyl (C=O) groups is 1. The van der Waals surface area contributed by atoms with Crippen LogP contribution in [-0.4, -0.2) is 20.6 Å². The Balaban J connectivity index is 2.25. The number of imidazole rings is 1. The molecule has 0 unspecified atom stereocenters. The highest BCUT2D eigenvalue weighted by Crippen LogP contribution is 2.39. The number of rotatable bonds is 2. The average Bonchev–Trinajstić information content (AvgIpc) is 2.98. The molecular weight excluding hydrogens is 228 g/mol. The SMILES string of the molecule is O=C(O)c1cc(Cl)c2c(c1)ncn2C1CC1. The molecule has 1 aliphatic carbocycles. The van der Waals surface area contributed by atoms with E-state index in [9.17, 15) is 4.79 Å². The molecule has 4 nitrogen and oxygen atoms in total. The van der Waals surface area contributed by atoms with Crippen LogP contribution in [0.25, 0.3) is 11.0 Å². The topological polar surface area (TPSA) is 55.1 Å². The molecule has 0 aliphatic heterocycles. The van der Waals surface area contributed by atoms with Crippen molar-refractivity contribution in [2.24, 2.45) is 0 Å². The molecule has 1 heterocycles. The molecule has 3 rings (SSSR count). The van der Waals surface area contributed by atoms with Gasteiger partial charge in [0.1, 0.15) is 0 Å². The summed E-state index contributed by atoms with van der Waals surface area (Å²) in [6.45, 7) is 0. The van der Waals surface area contributed by atoms with Gasteiger partial charge in [-0.3, -0.25) is 0 Å². The number of aromatic carboxylic acids is 1. The van der Waals surface area contributed by atoms with Gasteiger partial charge in [0.2, 0.25) is 0 Å². The first-order valence-electron chi connectivity index (χ1n) is 5.06. The van der Waals surface area contributed by atoms with Gasteiger partial charge < -0.3 is 9.67 Å². The lowest BCUT2D eigenvalue weighted by atomic mass is 10.2. The van der Waals surface area contributed by atoms with Gasteiger partial charge >= 0.3 is 5.97 Å². The summed E-state index contributed by atoms with van der Waals surface area (Å²) < 4.78 is 2.03. The van der Waals surface area contributed by atoms with Crippen molar-refractivity contribution in [3.05, 3.63) is 29.0 Å². The van der Waals surface area contributed by atoms with Crippen molar-refractivity contribution in [1.29, 1.82) is 0 Å². The smallest absolute Gasteiger partial charge is 0.335 e. The van der Waals surface area contributed by atoms with Crippen molar-refractivity contribution < 1.29 is 9.90 Å². The van der Waals surface area contributed by atoms with E-state index in [1.807, 2.05) is 4.57 Å². The first-order chi connectivity index (χ1) is 7.66. The number of aromatic nitrogens is 2. The Morgan fingerprint density at radius 2 is 2.25 bits per heavy atom. The summed E-state index contributed by atoms with van der Waals surface area (Å²) in [7, 11) is 0. The fourth-order valence-corrected chi connectivity index (χ4v) is 2.19. The van der Waals surface area contributed by atoms with Crippen molar-refractivity contribution in [2.75, 3.05) is 0 Å². The Kier molecular flexibility index (Phi) is 1.94. The molecule has 16 heavy (non-hydrogen) atoms. The minimum Gasteiger partial charge on any atom is -0.478 e. The molecular formula is C11H9ClN2O2. The van der Waals surface area contributed by atoms with Gasteiger partial charge in [-0.15, -0.1) is 0 Å². The molecule has 82 valence electrons. The first kappa shape index (κ1) is 9.66. The molecule has 1 saturated carbocycles. The van der Waals surface area contributed by atoms with Gasteiger partial charge in [0.05, 0.1) is 27.9 Å². The minimum atomic E-state index is -0.982. The van der Waals surface area contributed by atoms with Crippen molar-refractivity contribution in [3.8, 4) is 0 Å². The second-order valence-electron chi connectivity index (χ2n) is 4.01. The molecule has 0 bridgehead atoms. The first-order valence-corrected chi connectivity index (χ1v) is 5.44. The second-order valence-corrected chi connectivity index (χ2v) is 4.42. The van der Waals surface area contributed by atoms with Gasteiger partial charge in [-0.05, 0) is 25.0 Å². The van der Waals surface area contributed by atoms with Crippen LogP contribution < -0.4 is 0 Å². The summed E-state index contributed by atoms with van der Waals surface area (Å²) >= 11 is 6.10. The molecule has 1 aromatic carbocycles. The van der Waals surface area contributed by atoms with E-state index in [1.165, 1.54) is 6.07 Å². The van der Waals surface area contributed by atoms with Gasteiger partial charge in [0.25, 0.3) is 0 Å². The largest absolute Gasteiger partial charge is 0.478 e. The summed E-state index contributed by atoms with van der Waals surface area (Å²) in [6.07, 6.45) is 4.02. The Morgan fingerprint density at radius 1 is 1.50 bits per heavy atom. The lowest BCUT2D eigenvalue weighted by Gasteiger charge is -2.03. The molecule has 0 saturated heterocycles. The third kappa shape index (κ3) is 1.38. The zero-order chi connectivity index (χ0) is 11.3. The predicted molar refractivity (Wildman–Crippen MR) is 60.0 cm³/mol. The van der Waals surface area contributed by atoms with Crippen LogP contribution in [0.2, 0.25) is 5.02 Å². The van der Waals surface area contributed by atoms with E-state index in [0.717, 1.165) is 18.4 Å². The van der Waals surface area contributed by atoms with Crippen LogP contribution in [0.4, 0.5) is 0 Å². The van der Waals surface area contributed by atoms with Crippen LogP contribution in [0.15, 0.2) is 18.5 Å². The summed E-state index contributed by atoms with van der Waals surface area (Å²) in [5, 5.41) is 9.36. The Labute approximate surface area is 96.5 Å². The molecule has 0 spiro atoms. The number of halogens is 1. The predicted octanol–water partition coefficient (Wildman–Crippen LogP) is 2.72. The number of hydrogen-bond donors (Lipinski definition) is 1. The van der Waals surface area contributed by atoms with E-state index in [2.05, 4.69) is 4.98 Å². The maximum Gasteiger partial charge on any atom is 0.335 e. The summed E-state index contributed by atoms with van der Waals surface area (Å²) in [5.74, 6) is -0.982. The van der Waals surface area contributed by atoms with E-state index >= 15 is 0 Å². The quantitative estimate of drug-likeness (QED) is 0.872. The minimum absolute atomic E-state index is 0.179. The standard InChI is InChI=1S/C11H9ClN2O2/c12-8-3-6(11(15)16)4-9-10(8)14(5-13-9)7-1-2-7/h3-5,7H,1-2H2,(H,15,16). The molecule has 1 aromatic heterocycles. The third-order valence-corrected chi connectivity index (χ3v) is 3.10. The van der Waals surface area contributed by atoms with Crippen LogP contribution in [0.1, 0.15) is 29.2 Å². The zero-order valence-corrected chi connectivity index (χ0v) is 9.11. The number of hydrogen-bond acceptors (Lipinski definition) is 2. The van der Waals surface area contributed by atoms with Gasteiger partial charge in [-0.1, -0.05) is 11.6 Å². The second kappa shape index (κ2) is 3.22. The Hall–Kier alpha value is -1.55.